The summed E-state index contributed by atoms with van der Waals surface area (Å²) in [6.45, 7) is 0. The first-order valence-corrected chi connectivity index (χ1v) is 5.08. The SMILES string of the molecule is O=C(Nc1ccon1)c1cc(Cl)cc(Cl)c1. The summed E-state index contributed by atoms with van der Waals surface area (Å²) in [5, 5.41) is 6.89. The predicted molar refractivity (Wildman–Crippen MR) is 60.9 cm³/mol. The van der Waals surface area contributed by atoms with Crippen LogP contribution < -0.4 is 5.32 Å². The van der Waals surface area contributed by atoms with Crippen LogP contribution in [0, 0.1) is 0 Å². The Morgan fingerprint density at radius 2 is 1.94 bits per heavy atom. The zero-order valence-electron chi connectivity index (χ0n) is 7.91. The lowest BCUT2D eigenvalue weighted by molar-refractivity contribution is 0.102. The molecule has 2 aromatic rings. The molecule has 1 aromatic carbocycles. The fraction of sp³-hybridized carbons (Fsp3) is 0. The molecule has 6 heteroatoms. The van der Waals surface area contributed by atoms with Crippen molar-refractivity contribution < 1.29 is 9.32 Å². The molecule has 82 valence electrons. The van der Waals surface area contributed by atoms with Crippen molar-refractivity contribution in [3.63, 3.8) is 0 Å². The van der Waals surface area contributed by atoms with Gasteiger partial charge in [-0.25, -0.2) is 0 Å². The second-order valence-corrected chi connectivity index (χ2v) is 3.87. The zero-order chi connectivity index (χ0) is 11.5. The summed E-state index contributed by atoms with van der Waals surface area (Å²) in [5.74, 6) is -0.0144. The number of anilines is 1. The molecule has 0 saturated heterocycles. The van der Waals surface area contributed by atoms with Crippen LogP contribution in [-0.4, -0.2) is 11.1 Å². The third-order valence-corrected chi connectivity index (χ3v) is 2.24. The molecule has 4 nitrogen and oxygen atoms in total. The topological polar surface area (TPSA) is 55.1 Å². The predicted octanol–water partition coefficient (Wildman–Crippen LogP) is 3.23. The van der Waals surface area contributed by atoms with E-state index in [1.807, 2.05) is 0 Å². The molecule has 0 aliphatic heterocycles. The van der Waals surface area contributed by atoms with Gasteiger partial charge in [0.15, 0.2) is 5.82 Å². The van der Waals surface area contributed by atoms with Gasteiger partial charge in [-0.15, -0.1) is 0 Å². The van der Waals surface area contributed by atoms with E-state index < -0.39 is 0 Å². The lowest BCUT2D eigenvalue weighted by Gasteiger charge is -2.02. The third-order valence-electron chi connectivity index (χ3n) is 1.80. The molecular formula is C10H6Cl2N2O2. The fourth-order valence-corrected chi connectivity index (χ4v) is 1.68. The van der Waals surface area contributed by atoms with E-state index in [1.165, 1.54) is 24.5 Å². The molecule has 16 heavy (non-hydrogen) atoms. The highest BCUT2D eigenvalue weighted by atomic mass is 35.5. The Labute approximate surface area is 101 Å². The van der Waals surface area contributed by atoms with E-state index in [1.54, 1.807) is 6.07 Å². The van der Waals surface area contributed by atoms with Gasteiger partial charge in [-0.1, -0.05) is 28.4 Å². The van der Waals surface area contributed by atoms with E-state index in [0.717, 1.165) is 0 Å². The molecule has 0 fully saturated rings. The van der Waals surface area contributed by atoms with E-state index in [9.17, 15) is 4.79 Å². The monoisotopic (exact) mass is 256 g/mol. The quantitative estimate of drug-likeness (QED) is 0.898. The van der Waals surface area contributed by atoms with Crippen molar-refractivity contribution in [2.75, 3.05) is 5.32 Å². The number of carbonyl (C=O) groups is 1. The van der Waals surface area contributed by atoms with Crippen molar-refractivity contribution in [2.24, 2.45) is 0 Å². The van der Waals surface area contributed by atoms with Crippen LogP contribution in [0.1, 0.15) is 10.4 Å². The maximum absolute atomic E-state index is 11.7. The summed E-state index contributed by atoms with van der Waals surface area (Å²) >= 11 is 11.6. The Balaban J connectivity index is 2.21. The Morgan fingerprint density at radius 3 is 2.50 bits per heavy atom. The normalized spacial score (nSPS) is 10.1. The maximum Gasteiger partial charge on any atom is 0.257 e. The van der Waals surface area contributed by atoms with Crippen molar-refractivity contribution in [1.29, 1.82) is 0 Å². The summed E-state index contributed by atoms with van der Waals surface area (Å²) in [4.78, 5) is 11.7. The molecule has 0 unspecified atom stereocenters. The van der Waals surface area contributed by atoms with Crippen molar-refractivity contribution >= 4 is 34.9 Å². The zero-order valence-corrected chi connectivity index (χ0v) is 9.42. The van der Waals surface area contributed by atoms with Crippen LogP contribution in [0.4, 0.5) is 5.82 Å². The molecule has 0 aliphatic rings. The van der Waals surface area contributed by atoms with Gasteiger partial charge < -0.3 is 9.84 Å². The second-order valence-electron chi connectivity index (χ2n) is 3.00. The second kappa shape index (κ2) is 4.55. The summed E-state index contributed by atoms with van der Waals surface area (Å²) < 4.78 is 4.58. The summed E-state index contributed by atoms with van der Waals surface area (Å²) in [7, 11) is 0. The molecule has 0 saturated carbocycles. The largest absolute Gasteiger partial charge is 0.363 e. The Kier molecular flexibility index (Phi) is 3.12. The van der Waals surface area contributed by atoms with Gasteiger partial charge in [-0.05, 0) is 18.2 Å². The Bertz CT molecular complexity index is 491. The van der Waals surface area contributed by atoms with Gasteiger partial charge in [0.05, 0.1) is 0 Å². The molecule has 0 bridgehead atoms. The van der Waals surface area contributed by atoms with Crippen LogP contribution in [0.5, 0.6) is 0 Å². The first-order valence-electron chi connectivity index (χ1n) is 4.33. The van der Waals surface area contributed by atoms with Gasteiger partial charge in [-0.2, -0.15) is 0 Å². The number of hydrogen-bond donors (Lipinski definition) is 1. The molecule has 0 atom stereocenters. The van der Waals surface area contributed by atoms with E-state index in [0.29, 0.717) is 21.4 Å². The highest BCUT2D eigenvalue weighted by molar-refractivity contribution is 6.35. The van der Waals surface area contributed by atoms with Crippen LogP contribution in [-0.2, 0) is 0 Å². The highest BCUT2D eigenvalue weighted by Crippen LogP contribution is 2.19. The number of halogens is 2. The number of hydrogen-bond acceptors (Lipinski definition) is 3. The summed E-state index contributed by atoms with van der Waals surface area (Å²) in [6, 6.07) is 6.12. The number of aromatic nitrogens is 1. The van der Waals surface area contributed by atoms with Crippen molar-refractivity contribution in [2.45, 2.75) is 0 Å². The van der Waals surface area contributed by atoms with Gasteiger partial charge in [-0.3, -0.25) is 4.79 Å². The van der Waals surface area contributed by atoms with Gasteiger partial charge in [0.25, 0.3) is 5.91 Å². The van der Waals surface area contributed by atoms with Gasteiger partial charge in [0, 0.05) is 21.7 Å². The van der Waals surface area contributed by atoms with Crippen LogP contribution in [0.3, 0.4) is 0 Å². The summed E-state index contributed by atoms with van der Waals surface area (Å²) in [6.07, 6.45) is 1.36. The summed E-state index contributed by atoms with van der Waals surface area (Å²) in [5.41, 5.74) is 0.362. The average molecular weight is 257 g/mol. The van der Waals surface area contributed by atoms with E-state index in [4.69, 9.17) is 23.2 Å². The molecule has 1 aromatic heterocycles. The smallest absolute Gasteiger partial charge is 0.257 e. The molecule has 0 radical (unpaired) electrons. The first kappa shape index (κ1) is 11.0. The molecule has 1 N–H and O–H groups in total. The third kappa shape index (κ3) is 2.53. The van der Waals surface area contributed by atoms with Crippen LogP contribution in [0.2, 0.25) is 10.0 Å². The fourth-order valence-electron chi connectivity index (χ4n) is 1.15. The number of carbonyl (C=O) groups excluding carboxylic acids is 1. The van der Waals surface area contributed by atoms with Crippen molar-refractivity contribution in [3.8, 4) is 0 Å². The molecule has 2 rings (SSSR count). The highest BCUT2D eigenvalue weighted by Gasteiger charge is 2.09. The van der Waals surface area contributed by atoms with Crippen molar-refractivity contribution in [3.05, 3.63) is 46.1 Å². The van der Waals surface area contributed by atoms with E-state index >= 15 is 0 Å². The molecule has 1 amide bonds. The van der Waals surface area contributed by atoms with Gasteiger partial charge >= 0.3 is 0 Å². The lowest BCUT2D eigenvalue weighted by atomic mass is 10.2. The van der Waals surface area contributed by atoms with Gasteiger partial charge in [0.2, 0.25) is 0 Å². The lowest BCUT2D eigenvalue weighted by Crippen LogP contribution is -2.11. The maximum atomic E-state index is 11.7. The minimum Gasteiger partial charge on any atom is -0.363 e. The molecular weight excluding hydrogens is 251 g/mol. The Hall–Kier alpha value is -1.52. The minimum atomic E-state index is -0.349. The van der Waals surface area contributed by atoms with E-state index in [-0.39, 0.29) is 5.91 Å². The number of amides is 1. The minimum absolute atomic E-state index is 0.334. The molecule has 0 aliphatic carbocycles. The number of benzene rings is 1. The molecule has 1 heterocycles. The number of nitrogens with one attached hydrogen (secondary N) is 1. The number of nitrogens with zero attached hydrogens (tertiary/aromatic N) is 1. The first-order chi connectivity index (χ1) is 7.65. The van der Waals surface area contributed by atoms with Gasteiger partial charge in [0.1, 0.15) is 6.26 Å². The standard InChI is InChI=1S/C10H6Cl2N2O2/c11-7-3-6(4-8(12)5-7)10(15)13-9-1-2-16-14-9/h1-5H,(H,13,14,15). The molecule has 0 spiro atoms. The van der Waals surface area contributed by atoms with Crippen molar-refractivity contribution in [1.82, 2.24) is 5.16 Å². The number of rotatable bonds is 2. The average Bonchev–Trinajstić information content (AvgIpc) is 2.68. The van der Waals surface area contributed by atoms with Crippen LogP contribution >= 0.6 is 23.2 Å². The Morgan fingerprint density at radius 1 is 1.25 bits per heavy atom. The van der Waals surface area contributed by atoms with E-state index in [2.05, 4.69) is 15.0 Å². The van der Waals surface area contributed by atoms with Crippen LogP contribution in [0.25, 0.3) is 0 Å². The van der Waals surface area contributed by atoms with Crippen LogP contribution in [0.15, 0.2) is 35.1 Å².